The number of likely N-dealkylation sites (tertiary alicyclic amines) is 1. The molecule has 1 fully saturated rings. The molecule has 0 aliphatic carbocycles. The van der Waals surface area contributed by atoms with Crippen molar-refractivity contribution in [3.63, 3.8) is 0 Å². The number of aromatic nitrogens is 4. The Balaban J connectivity index is 1.52. The summed E-state index contributed by atoms with van der Waals surface area (Å²) in [6.07, 6.45) is 2.27. The van der Waals surface area contributed by atoms with Gasteiger partial charge in [-0.3, -0.25) is 4.79 Å². The number of para-hydroxylation sites is 1. The highest BCUT2D eigenvalue weighted by Gasteiger charge is 2.29. The van der Waals surface area contributed by atoms with Crippen molar-refractivity contribution in [2.24, 2.45) is 0 Å². The first-order valence-corrected chi connectivity index (χ1v) is 8.83. The lowest BCUT2D eigenvalue weighted by molar-refractivity contribution is 0.0766. The van der Waals surface area contributed by atoms with E-state index in [0.717, 1.165) is 17.9 Å². The van der Waals surface area contributed by atoms with Crippen LogP contribution >= 0.6 is 0 Å². The van der Waals surface area contributed by atoms with Gasteiger partial charge in [-0.15, -0.1) is 0 Å². The van der Waals surface area contributed by atoms with Gasteiger partial charge >= 0.3 is 0 Å². The molecule has 26 heavy (non-hydrogen) atoms. The van der Waals surface area contributed by atoms with Crippen LogP contribution in [0.25, 0.3) is 5.78 Å². The molecule has 0 radical (unpaired) electrons. The van der Waals surface area contributed by atoms with Crippen LogP contribution in [0.15, 0.2) is 42.7 Å². The lowest BCUT2D eigenvalue weighted by atomic mass is 10.1. The molecule has 3 aromatic rings. The fraction of sp³-hybridized carbons (Fsp3) is 0.368. The minimum Gasteiger partial charge on any atom is -0.489 e. The lowest BCUT2D eigenvalue weighted by Gasteiger charge is -2.18. The molecule has 0 unspecified atom stereocenters. The quantitative estimate of drug-likeness (QED) is 0.722. The molecular formula is C19H21N5O2. The van der Waals surface area contributed by atoms with E-state index in [1.54, 1.807) is 9.42 Å². The van der Waals surface area contributed by atoms with Gasteiger partial charge in [0.15, 0.2) is 0 Å². The summed E-state index contributed by atoms with van der Waals surface area (Å²) >= 11 is 0. The van der Waals surface area contributed by atoms with Crippen LogP contribution in [0.4, 0.5) is 0 Å². The molecule has 0 saturated carbocycles. The van der Waals surface area contributed by atoms with Crippen LogP contribution in [0, 0.1) is 0 Å². The topological polar surface area (TPSA) is 72.6 Å². The minimum absolute atomic E-state index is 0.00254. The van der Waals surface area contributed by atoms with Gasteiger partial charge in [0.2, 0.25) is 0 Å². The Kier molecular flexibility index (Phi) is 4.28. The Morgan fingerprint density at radius 1 is 1.27 bits per heavy atom. The second-order valence-electron chi connectivity index (χ2n) is 6.79. The molecule has 3 heterocycles. The number of hydrogen-bond acceptors (Lipinski definition) is 5. The van der Waals surface area contributed by atoms with Crippen molar-refractivity contribution in [2.75, 3.05) is 13.1 Å². The molecule has 0 N–H and O–H groups in total. The Morgan fingerprint density at radius 3 is 2.85 bits per heavy atom. The highest BCUT2D eigenvalue weighted by molar-refractivity contribution is 5.93. The maximum Gasteiger partial charge on any atom is 0.272 e. The maximum atomic E-state index is 12.9. The van der Waals surface area contributed by atoms with Gasteiger partial charge < -0.3 is 9.64 Å². The summed E-state index contributed by atoms with van der Waals surface area (Å²) in [4.78, 5) is 23.3. The number of nitrogens with zero attached hydrogens (tertiary/aromatic N) is 5. The van der Waals surface area contributed by atoms with E-state index in [0.29, 0.717) is 24.6 Å². The summed E-state index contributed by atoms with van der Waals surface area (Å²) in [6, 6.07) is 11.5. The molecule has 7 heteroatoms. The summed E-state index contributed by atoms with van der Waals surface area (Å²) in [5.41, 5.74) is 1.33. The number of fused-ring (bicyclic) bond motifs is 1. The van der Waals surface area contributed by atoms with E-state index in [1.807, 2.05) is 36.4 Å². The summed E-state index contributed by atoms with van der Waals surface area (Å²) in [5, 5.41) is 4.19. The van der Waals surface area contributed by atoms with Crippen LogP contribution in [0.5, 0.6) is 5.75 Å². The Labute approximate surface area is 151 Å². The first kappa shape index (κ1) is 16.5. The number of ether oxygens (including phenoxy) is 1. The third-order valence-corrected chi connectivity index (χ3v) is 4.57. The average molecular weight is 351 g/mol. The van der Waals surface area contributed by atoms with Crippen molar-refractivity contribution >= 4 is 11.7 Å². The predicted octanol–water partition coefficient (Wildman–Crippen LogP) is 2.54. The number of benzene rings is 1. The van der Waals surface area contributed by atoms with Crippen LogP contribution in [-0.4, -0.2) is 49.6 Å². The van der Waals surface area contributed by atoms with Crippen LogP contribution in [0.2, 0.25) is 0 Å². The van der Waals surface area contributed by atoms with E-state index in [-0.39, 0.29) is 17.9 Å². The molecule has 0 bridgehead atoms. The van der Waals surface area contributed by atoms with Crippen molar-refractivity contribution in [3.05, 3.63) is 54.1 Å². The maximum absolute atomic E-state index is 12.9. The summed E-state index contributed by atoms with van der Waals surface area (Å²) in [7, 11) is 0. The Morgan fingerprint density at radius 2 is 2.08 bits per heavy atom. The number of rotatable bonds is 4. The van der Waals surface area contributed by atoms with Gasteiger partial charge in [0.25, 0.3) is 11.7 Å². The molecule has 1 aromatic carbocycles. The largest absolute Gasteiger partial charge is 0.489 e. The molecule has 1 aliphatic rings. The van der Waals surface area contributed by atoms with Crippen molar-refractivity contribution < 1.29 is 9.53 Å². The zero-order valence-electron chi connectivity index (χ0n) is 14.9. The van der Waals surface area contributed by atoms with E-state index in [1.165, 1.54) is 6.33 Å². The third-order valence-electron chi connectivity index (χ3n) is 4.57. The Hall–Kier alpha value is -2.96. The molecule has 1 atom stereocenters. The number of hydrogen-bond donors (Lipinski definition) is 0. The molecular weight excluding hydrogens is 330 g/mol. The summed E-state index contributed by atoms with van der Waals surface area (Å²) in [6.45, 7) is 5.34. The van der Waals surface area contributed by atoms with Gasteiger partial charge in [0.1, 0.15) is 23.9 Å². The van der Waals surface area contributed by atoms with Crippen LogP contribution < -0.4 is 4.74 Å². The molecule has 7 nitrogen and oxygen atoms in total. The number of carbonyl (C=O) groups excluding carboxylic acids is 1. The monoisotopic (exact) mass is 351 g/mol. The molecule has 1 amide bonds. The Bertz CT molecular complexity index is 922. The van der Waals surface area contributed by atoms with Gasteiger partial charge in [-0.2, -0.15) is 10.1 Å². The second-order valence-corrected chi connectivity index (χ2v) is 6.79. The fourth-order valence-electron chi connectivity index (χ4n) is 3.22. The zero-order valence-corrected chi connectivity index (χ0v) is 14.9. The van der Waals surface area contributed by atoms with E-state index in [2.05, 4.69) is 28.9 Å². The highest BCUT2D eigenvalue weighted by atomic mass is 16.5. The van der Waals surface area contributed by atoms with Gasteiger partial charge in [0, 0.05) is 13.0 Å². The number of amides is 1. The average Bonchev–Trinajstić information content (AvgIpc) is 3.30. The van der Waals surface area contributed by atoms with E-state index in [9.17, 15) is 4.79 Å². The lowest BCUT2D eigenvalue weighted by Crippen LogP contribution is -2.32. The van der Waals surface area contributed by atoms with E-state index >= 15 is 0 Å². The van der Waals surface area contributed by atoms with Crippen molar-refractivity contribution in [1.29, 1.82) is 0 Å². The first-order valence-electron chi connectivity index (χ1n) is 8.83. The molecule has 134 valence electrons. The van der Waals surface area contributed by atoms with Crippen LogP contribution in [0.1, 0.15) is 42.4 Å². The molecule has 4 rings (SSSR count). The summed E-state index contributed by atoms with van der Waals surface area (Å²) < 4.78 is 7.66. The first-order chi connectivity index (χ1) is 12.6. The predicted molar refractivity (Wildman–Crippen MR) is 96.2 cm³/mol. The third kappa shape index (κ3) is 3.12. The van der Waals surface area contributed by atoms with Gasteiger partial charge in [-0.25, -0.2) is 9.50 Å². The molecule has 2 aromatic heterocycles. The SMILES string of the molecule is CC(C)c1cc(C(=O)N2CC[C@@H](Oc3ccccc3)C2)nc2ncnn12. The summed E-state index contributed by atoms with van der Waals surface area (Å²) in [5.74, 6) is 1.41. The van der Waals surface area contributed by atoms with Crippen molar-refractivity contribution in [3.8, 4) is 5.75 Å². The van der Waals surface area contributed by atoms with E-state index in [4.69, 9.17) is 4.74 Å². The molecule has 1 aliphatic heterocycles. The number of carbonyl (C=O) groups is 1. The highest BCUT2D eigenvalue weighted by Crippen LogP contribution is 2.21. The van der Waals surface area contributed by atoms with Gasteiger partial charge in [-0.05, 0) is 24.1 Å². The second kappa shape index (κ2) is 6.74. The van der Waals surface area contributed by atoms with Crippen LogP contribution in [0.3, 0.4) is 0 Å². The van der Waals surface area contributed by atoms with E-state index < -0.39 is 0 Å². The normalized spacial score (nSPS) is 17.2. The fourth-order valence-corrected chi connectivity index (χ4v) is 3.22. The molecule has 0 spiro atoms. The smallest absolute Gasteiger partial charge is 0.272 e. The van der Waals surface area contributed by atoms with Crippen LogP contribution in [-0.2, 0) is 0 Å². The van der Waals surface area contributed by atoms with Crippen molar-refractivity contribution in [2.45, 2.75) is 32.3 Å². The van der Waals surface area contributed by atoms with Gasteiger partial charge in [0.05, 0.1) is 12.2 Å². The van der Waals surface area contributed by atoms with Gasteiger partial charge in [-0.1, -0.05) is 32.0 Å². The van der Waals surface area contributed by atoms with Crippen molar-refractivity contribution in [1.82, 2.24) is 24.5 Å². The molecule has 1 saturated heterocycles. The standard InChI is InChI=1S/C19H21N5O2/c1-13(2)17-10-16(22-19-20-12-21-24(17)19)18(25)23-9-8-15(11-23)26-14-6-4-3-5-7-14/h3-7,10,12-13,15H,8-9,11H2,1-2H3/t15-/m1/s1. The zero-order chi connectivity index (χ0) is 18.1. The minimum atomic E-state index is -0.0865.